The third-order valence-electron chi connectivity index (χ3n) is 7.40. The number of carbonyl (C=O) groups excluding carboxylic acids is 4. The first-order valence-electron chi connectivity index (χ1n) is 15.4. The largest absolute Gasteiger partial charge is 0.496 e. The first-order valence-corrected chi connectivity index (χ1v) is 16.3. The number of nitrogens with one attached hydrogen (secondary N) is 3. The maximum atomic E-state index is 13.6. The monoisotopic (exact) mass is 693 g/mol. The standard InChI is InChI=1S/C37H35N5O7S/c1-23(35(44)40-33-22-34(43)42(41-33)27-13-9-6-10-14-27)50-28-17-15-26(16-18-28)38-37(46)29(39-36(45)24-11-7-5-8-12-24)19-25-20-31(48-3)32(49-4)21-30(25)47-2/h5-21,23H,22H2,1-4H3,(H,38,46)(H,39,45)(H,40,41,44)/b29-19-. The second-order valence-corrected chi connectivity index (χ2v) is 12.2. The summed E-state index contributed by atoms with van der Waals surface area (Å²) in [4.78, 5) is 52.9. The summed E-state index contributed by atoms with van der Waals surface area (Å²) in [6.07, 6.45) is 1.48. The average molecular weight is 694 g/mol. The molecule has 13 heteroatoms. The Balaban J connectivity index is 1.28. The molecular formula is C37H35N5O7S. The van der Waals surface area contributed by atoms with E-state index < -0.39 is 17.1 Å². The Morgan fingerprint density at radius 3 is 2.08 bits per heavy atom. The normalized spacial score (nSPS) is 13.2. The highest BCUT2D eigenvalue weighted by atomic mass is 32.2. The Kier molecular flexibility index (Phi) is 11.5. The van der Waals surface area contributed by atoms with Gasteiger partial charge in [0.1, 0.15) is 17.3 Å². The van der Waals surface area contributed by atoms with Gasteiger partial charge in [-0.15, -0.1) is 11.8 Å². The number of rotatable bonds is 12. The van der Waals surface area contributed by atoms with E-state index in [9.17, 15) is 19.2 Å². The highest BCUT2D eigenvalue weighted by Crippen LogP contribution is 2.36. The van der Waals surface area contributed by atoms with E-state index in [4.69, 9.17) is 14.2 Å². The predicted octanol–water partition coefficient (Wildman–Crippen LogP) is 5.47. The Bertz CT molecular complexity index is 1930. The van der Waals surface area contributed by atoms with Gasteiger partial charge >= 0.3 is 0 Å². The van der Waals surface area contributed by atoms with Crippen LogP contribution in [0.4, 0.5) is 11.4 Å². The van der Waals surface area contributed by atoms with Crippen molar-refractivity contribution in [2.45, 2.75) is 23.5 Å². The lowest BCUT2D eigenvalue weighted by Gasteiger charge is -2.15. The predicted molar refractivity (Wildman–Crippen MR) is 192 cm³/mol. The van der Waals surface area contributed by atoms with Gasteiger partial charge < -0.3 is 30.2 Å². The van der Waals surface area contributed by atoms with E-state index in [2.05, 4.69) is 21.1 Å². The molecule has 0 saturated heterocycles. The third kappa shape index (κ3) is 8.68. The average Bonchev–Trinajstić information content (AvgIpc) is 3.51. The van der Waals surface area contributed by atoms with Crippen LogP contribution in [0.5, 0.6) is 17.2 Å². The zero-order valence-electron chi connectivity index (χ0n) is 27.8. The third-order valence-corrected chi connectivity index (χ3v) is 8.51. The topological polar surface area (TPSA) is 148 Å². The maximum absolute atomic E-state index is 13.6. The summed E-state index contributed by atoms with van der Waals surface area (Å²) >= 11 is 1.30. The van der Waals surface area contributed by atoms with Crippen LogP contribution in [0.1, 0.15) is 29.3 Å². The van der Waals surface area contributed by atoms with E-state index in [1.165, 1.54) is 44.2 Å². The lowest BCUT2D eigenvalue weighted by molar-refractivity contribution is -0.119. The molecule has 1 atom stereocenters. The molecule has 12 nitrogen and oxygen atoms in total. The van der Waals surface area contributed by atoms with Gasteiger partial charge in [0.15, 0.2) is 11.5 Å². The Labute approximate surface area is 293 Å². The minimum Gasteiger partial charge on any atom is -0.496 e. The fourth-order valence-corrected chi connectivity index (χ4v) is 5.72. The number of amides is 4. The molecule has 0 spiro atoms. The van der Waals surface area contributed by atoms with Gasteiger partial charge in [-0.2, -0.15) is 10.1 Å². The summed E-state index contributed by atoms with van der Waals surface area (Å²) in [5.41, 5.74) is 1.86. The number of benzene rings is 4. The van der Waals surface area contributed by atoms with Crippen LogP contribution < -0.4 is 35.2 Å². The summed E-state index contributed by atoms with van der Waals surface area (Å²) < 4.78 is 16.3. The van der Waals surface area contributed by atoms with E-state index in [0.29, 0.717) is 39.8 Å². The summed E-state index contributed by atoms with van der Waals surface area (Å²) in [6, 6.07) is 27.7. The van der Waals surface area contributed by atoms with Crippen LogP contribution in [-0.2, 0) is 14.4 Å². The van der Waals surface area contributed by atoms with Crippen LogP contribution >= 0.6 is 11.8 Å². The van der Waals surface area contributed by atoms with Crippen molar-refractivity contribution in [2.75, 3.05) is 31.7 Å². The van der Waals surface area contributed by atoms with Gasteiger partial charge in [-0.3, -0.25) is 19.2 Å². The molecule has 0 bridgehead atoms. The van der Waals surface area contributed by atoms with Crippen LogP contribution in [0.15, 0.2) is 113 Å². The first-order chi connectivity index (χ1) is 24.2. The molecule has 0 fully saturated rings. The SMILES string of the molecule is COc1cc(OC)c(OC)cc1/C=C(\NC(=O)c1ccccc1)C(=O)Nc1ccc(SC(C)C(=O)NC2=NN(c3ccccc3)C(=O)C2)cc1. The lowest BCUT2D eigenvalue weighted by atomic mass is 10.1. The fraction of sp³-hybridized carbons (Fsp3) is 0.162. The zero-order valence-corrected chi connectivity index (χ0v) is 28.6. The number of ether oxygens (including phenoxy) is 3. The van der Waals surface area contributed by atoms with Crippen LogP contribution in [0.3, 0.4) is 0 Å². The number of hydrogen-bond acceptors (Lipinski definition) is 9. The number of hydrogen-bond donors (Lipinski definition) is 3. The number of anilines is 2. The molecule has 4 amide bonds. The molecule has 1 heterocycles. The number of methoxy groups -OCH3 is 3. The van der Waals surface area contributed by atoms with Gasteiger partial charge in [0.2, 0.25) is 5.91 Å². The molecule has 0 saturated carbocycles. The van der Waals surface area contributed by atoms with Gasteiger partial charge in [-0.05, 0) is 67.6 Å². The number of para-hydroxylation sites is 1. The molecule has 0 aromatic heterocycles. The van der Waals surface area contributed by atoms with E-state index in [1.54, 1.807) is 97.9 Å². The summed E-state index contributed by atoms with van der Waals surface area (Å²) in [5, 5.41) is 13.3. The molecule has 4 aromatic carbocycles. The maximum Gasteiger partial charge on any atom is 0.272 e. The van der Waals surface area contributed by atoms with Crippen LogP contribution in [0, 0.1) is 0 Å². The summed E-state index contributed by atoms with van der Waals surface area (Å²) in [6.45, 7) is 1.75. The Morgan fingerprint density at radius 2 is 1.44 bits per heavy atom. The molecule has 0 aliphatic carbocycles. The number of hydrazone groups is 1. The van der Waals surface area contributed by atoms with Crippen molar-refractivity contribution in [3.8, 4) is 17.2 Å². The van der Waals surface area contributed by atoms with Gasteiger partial charge in [0.05, 0.1) is 38.7 Å². The lowest BCUT2D eigenvalue weighted by Crippen LogP contribution is -2.35. The molecule has 1 unspecified atom stereocenters. The van der Waals surface area contributed by atoms with Crippen molar-refractivity contribution in [1.29, 1.82) is 0 Å². The molecule has 0 radical (unpaired) electrons. The quantitative estimate of drug-likeness (QED) is 0.131. The van der Waals surface area contributed by atoms with Crippen molar-refractivity contribution in [3.05, 3.63) is 114 Å². The molecule has 50 heavy (non-hydrogen) atoms. The molecule has 4 aromatic rings. The Morgan fingerprint density at radius 1 is 0.820 bits per heavy atom. The van der Waals surface area contributed by atoms with Crippen LogP contribution in [0.25, 0.3) is 6.08 Å². The van der Waals surface area contributed by atoms with Crippen LogP contribution in [0.2, 0.25) is 0 Å². The van der Waals surface area contributed by atoms with E-state index in [-0.39, 0.29) is 29.8 Å². The van der Waals surface area contributed by atoms with Gasteiger partial charge in [0, 0.05) is 27.8 Å². The summed E-state index contributed by atoms with van der Waals surface area (Å²) in [7, 11) is 4.47. The molecule has 3 N–H and O–H groups in total. The van der Waals surface area contributed by atoms with Crippen molar-refractivity contribution < 1.29 is 33.4 Å². The van der Waals surface area contributed by atoms with E-state index in [0.717, 1.165) is 4.90 Å². The number of amidine groups is 1. The highest BCUT2D eigenvalue weighted by molar-refractivity contribution is 8.00. The minimum absolute atomic E-state index is 0.00650. The van der Waals surface area contributed by atoms with E-state index in [1.807, 2.05) is 6.07 Å². The molecule has 256 valence electrons. The smallest absolute Gasteiger partial charge is 0.272 e. The molecule has 1 aliphatic heterocycles. The zero-order chi connectivity index (χ0) is 35.6. The number of thioether (sulfide) groups is 1. The number of carbonyl (C=O) groups is 4. The second-order valence-electron chi connectivity index (χ2n) is 10.8. The highest BCUT2D eigenvalue weighted by Gasteiger charge is 2.27. The first kappa shape index (κ1) is 35.2. The second kappa shape index (κ2) is 16.3. The van der Waals surface area contributed by atoms with Gasteiger partial charge in [-0.25, -0.2) is 0 Å². The van der Waals surface area contributed by atoms with Gasteiger partial charge in [-0.1, -0.05) is 36.4 Å². The number of nitrogens with zero attached hydrogens (tertiary/aromatic N) is 2. The van der Waals surface area contributed by atoms with Gasteiger partial charge in [0.25, 0.3) is 17.7 Å². The van der Waals surface area contributed by atoms with Crippen LogP contribution in [-0.4, -0.2) is 56.0 Å². The van der Waals surface area contributed by atoms with Crippen molar-refractivity contribution in [1.82, 2.24) is 10.6 Å². The Hall–Kier alpha value is -6.08. The molecule has 5 rings (SSSR count). The minimum atomic E-state index is -0.587. The van der Waals surface area contributed by atoms with E-state index >= 15 is 0 Å². The molecular weight excluding hydrogens is 659 g/mol. The van der Waals surface area contributed by atoms with Crippen molar-refractivity contribution in [2.24, 2.45) is 5.10 Å². The fourth-order valence-electron chi connectivity index (χ4n) is 4.85. The van der Waals surface area contributed by atoms with Crippen molar-refractivity contribution >= 4 is 58.7 Å². The van der Waals surface area contributed by atoms with Crippen molar-refractivity contribution in [3.63, 3.8) is 0 Å². The summed E-state index contributed by atoms with van der Waals surface area (Å²) in [5.74, 6) is -0.0914. The molecule has 1 aliphatic rings.